The monoisotopic (exact) mass is 323 g/mol. The minimum Gasteiger partial charge on any atom is -0.496 e. The molecule has 0 aliphatic heterocycles. The molecule has 1 aromatic carbocycles. The van der Waals surface area contributed by atoms with Gasteiger partial charge in [0.05, 0.1) is 13.3 Å². The van der Waals surface area contributed by atoms with E-state index in [0.717, 1.165) is 12.3 Å². The van der Waals surface area contributed by atoms with E-state index in [9.17, 15) is 13.2 Å². The zero-order valence-electron chi connectivity index (χ0n) is 11.8. The van der Waals surface area contributed by atoms with Crippen LogP contribution in [0.5, 0.6) is 17.2 Å². The standard InChI is InChI=1S/C14H13NO6S/c1-20-11-7-12(21-9-4-3-5-15-8-9)13(22(2,18)19)6-10(11)14(16)17/h3-8H,1-2H3,(H,16,17). The number of carboxylic acids is 1. The average molecular weight is 323 g/mol. The zero-order valence-corrected chi connectivity index (χ0v) is 12.6. The fourth-order valence-electron chi connectivity index (χ4n) is 1.78. The van der Waals surface area contributed by atoms with Gasteiger partial charge < -0.3 is 14.6 Å². The van der Waals surface area contributed by atoms with E-state index in [0.29, 0.717) is 5.75 Å². The van der Waals surface area contributed by atoms with Crippen molar-refractivity contribution in [2.24, 2.45) is 0 Å². The summed E-state index contributed by atoms with van der Waals surface area (Å²) < 4.78 is 34.3. The van der Waals surface area contributed by atoms with Crippen molar-refractivity contribution in [2.45, 2.75) is 4.90 Å². The van der Waals surface area contributed by atoms with Crippen molar-refractivity contribution in [3.63, 3.8) is 0 Å². The van der Waals surface area contributed by atoms with Crippen LogP contribution in [0, 0.1) is 0 Å². The van der Waals surface area contributed by atoms with Crippen molar-refractivity contribution in [2.75, 3.05) is 13.4 Å². The molecule has 1 aromatic heterocycles. The second-order valence-corrected chi connectivity index (χ2v) is 6.35. The second kappa shape index (κ2) is 6.02. The Kier molecular flexibility index (Phi) is 4.32. The van der Waals surface area contributed by atoms with E-state index < -0.39 is 15.8 Å². The molecule has 116 valence electrons. The van der Waals surface area contributed by atoms with E-state index in [4.69, 9.17) is 14.6 Å². The molecule has 0 aliphatic carbocycles. The molecule has 0 amide bonds. The van der Waals surface area contributed by atoms with Crippen molar-refractivity contribution in [1.29, 1.82) is 0 Å². The molecule has 1 heterocycles. The highest BCUT2D eigenvalue weighted by atomic mass is 32.2. The van der Waals surface area contributed by atoms with Gasteiger partial charge in [-0.2, -0.15) is 0 Å². The summed E-state index contributed by atoms with van der Waals surface area (Å²) in [4.78, 5) is 14.8. The first kappa shape index (κ1) is 15.8. The third-order valence-electron chi connectivity index (χ3n) is 2.76. The Labute approximate surface area is 127 Å². The number of hydrogen-bond acceptors (Lipinski definition) is 6. The molecule has 1 N–H and O–H groups in total. The molecule has 0 bridgehead atoms. The van der Waals surface area contributed by atoms with Gasteiger partial charge in [0.2, 0.25) is 0 Å². The molecule has 0 unspecified atom stereocenters. The first-order valence-electron chi connectivity index (χ1n) is 6.06. The number of hydrogen-bond donors (Lipinski definition) is 1. The van der Waals surface area contributed by atoms with Crippen molar-refractivity contribution < 1.29 is 27.8 Å². The van der Waals surface area contributed by atoms with E-state index in [1.807, 2.05) is 0 Å². The minimum atomic E-state index is -3.70. The van der Waals surface area contributed by atoms with Gasteiger partial charge in [0.1, 0.15) is 27.7 Å². The number of pyridine rings is 1. The summed E-state index contributed by atoms with van der Waals surface area (Å²) in [6, 6.07) is 5.46. The van der Waals surface area contributed by atoms with Crippen LogP contribution in [0.15, 0.2) is 41.6 Å². The maximum atomic E-state index is 11.9. The molecule has 0 saturated heterocycles. The number of nitrogens with zero attached hydrogens (tertiary/aromatic N) is 1. The van der Waals surface area contributed by atoms with Crippen LogP contribution in [0.3, 0.4) is 0 Å². The van der Waals surface area contributed by atoms with Crippen LogP contribution in [-0.4, -0.2) is 37.8 Å². The molecular formula is C14H13NO6S. The summed E-state index contributed by atoms with van der Waals surface area (Å²) in [7, 11) is -2.41. The number of benzene rings is 1. The molecule has 2 rings (SSSR count). The van der Waals surface area contributed by atoms with Crippen LogP contribution >= 0.6 is 0 Å². The number of aromatic nitrogens is 1. The van der Waals surface area contributed by atoms with E-state index in [1.54, 1.807) is 18.3 Å². The summed E-state index contributed by atoms with van der Waals surface area (Å²) in [6.07, 6.45) is 3.92. The van der Waals surface area contributed by atoms with E-state index in [1.165, 1.54) is 19.4 Å². The molecule has 2 aromatic rings. The summed E-state index contributed by atoms with van der Waals surface area (Å²) in [5.41, 5.74) is -0.263. The molecular weight excluding hydrogens is 310 g/mol. The number of aromatic carboxylic acids is 1. The maximum Gasteiger partial charge on any atom is 0.339 e. The number of methoxy groups -OCH3 is 1. The predicted molar refractivity (Wildman–Crippen MR) is 77.4 cm³/mol. The van der Waals surface area contributed by atoms with E-state index in [2.05, 4.69) is 4.98 Å². The fourth-order valence-corrected chi connectivity index (χ4v) is 2.58. The molecule has 0 aliphatic rings. The van der Waals surface area contributed by atoms with Gasteiger partial charge in [0.15, 0.2) is 9.84 Å². The SMILES string of the molecule is COc1cc(Oc2cccnc2)c(S(C)(=O)=O)cc1C(=O)O. The molecule has 8 heteroatoms. The van der Waals surface area contributed by atoms with Gasteiger partial charge in [-0.1, -0.05) is 0 Å². The number of rotatable bonds is 5. The lowest BCUT2D eigenvalue weighted by molar-refractivity contribution is 0.0693. The highest BCUT2D eigenvalue weighted by Gasteiger charge is 2.22. The number of carbonyl (C=O) groups is 1. The molecule has 0 saturated carbocycles. The fraction of sp³-hybridized carbons (Fsp3) is 0.143. The van der Waals surface area contributed by atoms with Crippen LogP contribution in [0.1, 0.15) is 10.4 Å². The molecule has 0 spiro atoms. The Hall–Kier alpha value is -2.61. The van der Waals surface area contributed by atoms with E-state index >= 15 is 0 Å². The molecule has 7 nitrogen and oxygen atoms in total. The third-order valence-corrected chi connectivity index (χ3v) is 3.88. The quantitative estimate of drug-likeness (QED) is 0.897. The van der Waals surface area contributed by atoms with Gasteiger partial charge in [-0.3, -0.25) is 4.98 Å². The number of ether oxygens (including phenoxy) is 2. The number of sulfone groups is 1. The van der Waals surface area contributed by atoms with Gasteiger partial charge in [-0.25, -0.2) is 13.2 Å². The van der Waals surface area contributed by atoms with Gasteiger partial charge in [-0.05, 0) is 18.2 Å². The van der Waals surface area contributed by atoms with Gasteiger partial charge in [0.25, 0.3) is 0 Å². The minimum absolute atomic E-state index is 0.00112. The van der Waals surface area contributed by atoms with Gasteiger partial charge >= 0.3 is 5.97 Å². The van der Waals surface area contributed by atoms with Crippen LogP contribution in [0.4, 0.5) is 0 Å². The van der Waals surface area contributed by atoms with Crippen molar-refractivity contribution in [3.05, 3.63) is 42.2 Å². The lowest BCUT2D eigenvalue weighted by Crippen LogP contribution is -2.07. The first-order valence-corrected chi connectivity index (χ1v) is 7.95. The van der Waals surface area contributed by atoms with Crippen molar-refractivity contribution >= 4 is 15.8 Å². The topological polar surface area (TPSA) is 103 Å². The molecule has 0 atom stereocenters. The van der Waals surface area contributed by atoms with Crippen LogP contribution < -0.4 is 9.47 Å². The highest BCUT2D eigenvalue weighted by Crippen LogP contribution is 2.35. The Morgan fingerprint density at radius 1 is 1.27 bits per heavy atom. The lowest BCUT2D eigenvalue weighted by atomic mass is 10.2. The smallest absolute Gasteiger partial charge is 0.339 e. The summed E-state index contributed by atoms with van der Waals surface area (Å²) in [5.74, 6) is -1.01. The van der Waals surface area contributed by atoms with Gasteiger partial charge in [-0.15, -0.1) is 0 Å². The summed E-state index contributed by atoms with van der Waals surface area (Å²) in [5, 5.41) is 9.14. The van der Waals surface area contributed by atoms with Crippen molar-refractivity contribution in [3.8, 4) is 17.2 Å². The van der Waals surface area contributed by atoms with Crippen LogP contribution in [0.25, 0.3) is 0 Å². The average Bonchev–Trinajstić information content (AvgIpc) is 2.46. The highest BCUT2D eigenvalue weighted by molar-refractivity contribution is 7.90. The number of carboxylic acid groups (broad SMARTS) is 1. The lowest BCUT2D eigenvalue weighted by Gasteiger charge is -2.13. The van der Waals surface area contributed by atoms with Crippen molar-refractivity contribution in [1.82, 2.24) is 4.98 Å². The Balaban J connectivity index is 2.63. The molecule has 0 fully saturated rings. The Bertz CT molecular complexity index is 802. The van der Waals surface area contributed by atoms with Crippen LogP contribution in [0.2, 0.25) is 0 Å². The largest absolute Gasteiger partial charge is 0.496 e. The first-order chi connectivity index (χ1) is 10.3. The van der Waals surface area contributed by atoms with Gasteiger partial charge in [0, 0.05) is 18.5 Å². The van der Waals surface area contributed by atoms with Crippen LogP contribution in [-0.2, 0) is 9.84 Å². The predicted octanol–water partition coefficient (Wildman–Crippen LogP) is 1.98. The molecule has 0 radical (unpaired) electrons. The Morgan fingerprint density at radius 2 is 2.00 bits per heavy atom. The zero-order chi connectivity index (χ0) is 16.3. The van der Waals surface area contributed by atoms with E-state index in [-0.39, 0.29) is 22.0 Å². The summed E-state index contributed by atoms with van der Waals surface area (Å²) >= 11 is 0. The normalized spacial score (nSPS) is 11.0. The second-order valence-electron chi connectivity index (χ2n) is 4.37. The maximum absolute atomic E-state index is 11.9. The Morgan fingerprint density at radius 3 is 2.50 bits per heavy atom. The molecule has 22 heavy (non-hydrogen) atoms. The third kappa shape index (κ3) is 3.34. The summed E-state index contributed by atoms with van der Waals surface area (Å²) in [6.45, 7) is 0.